The number of ether oxygens (including phenoxy) is 2. The number of amides is 1. The van der Waals surface area contributed by atoms with Crippen LogP contribution in [0.5, 0.6) is 0 Å². The van der Waals surface area contributed by atoms with Gasteiger partial charge < -0.3 is 14.8 Å². The minimum absolute atomic E-state index is 0.00463. The summed E-state index contributed by atoms with van der Waals surface area (Å²) in [5.74, 6) is -0.241. The Kier molecular flexibility index (Phi) is 44.7. The van der Waals surface area contributed by atoms with E-state index in [4.69, 9.17) is 0 Å². The third-order valence-electron chi connectivity index (χ3n) is 0.640. The highest BCUT2D eigenvalue weighted by atomic mass is 32.2. The molecule has 0 bridgehead atoms. The molecule has 0 spiro atoms. The fourth-order valence-electron chi connectivity index (χ4n) is 0. The molecule has 100 valence electrons. The molecule has 0 saturated carbocycles. The third-order valence-corrected chi connectivity index (χ3v) is 0.640. The van der Waals surface area contributed by atoms with Crippen molar-refractivity contribution in [1.29, 1.82) is 0 Å². The maximum absolute atomic E-state index is 9.70. The average molecular weight is 255 g/mol. The molecule has 0 fully saturated rings. The van der Waals surface area contributed by atoms with Gasteiger partial charge in [0.1, 0.15) is 0 Å². The van der Waals surface area contributed by atoms with Crippen LogP contribution in [0.15, 0.2) is 0 Å². The van der Waals surface area contributed by atoms with Crippen LogP contribution in [-0.4, -0.2) is 52.8 Å². The van der Waals surface area contributed by atoms with Crippen LogP contribution in [0.3, 0.4) is 0 Å². The SMILES string of the molecule is CNC(C)=O.COC.COC(C)=O.CSC. The van der Waals surface area contributed by atoms with Gasteiger partial charge in [0.15, 0.2) is 0 Å². The number of carbonyl (C=O) groups excluding carboxylic acids is 2. The number of rotatable bonds is 0. The van der Waals surface area contributed by atoms with E-state index in [1.54, 1.807) is 33.0 Å². The van der Waals surface area contributed by atoms with E-state index in [-0.39, 0.29) is 11.9 Å². The van der Waals surface area contributed by atoms with E-state index in [1.165, 1.54) is 21.0 Å². The molecule has 6 heteroatoms. The molecule has 0 radical (unpaired) electrons. The van der Waals surface area contributed by atoms with E-state index in [2.05, 4.69) is 14.8 Å². The summed E-state index contributed by atoms with van der Waals surface area (Å²) in [7, 11) is 6.20. The highest BCUT2D eigenvalue weighted by Gasteiger charge is 1.75. The number of carbonyl (C=O) groups is 2. The smallest absolute Gasteiger partial charge is 0.302 e. The Hall–Kier alpha value is -0.750. The molecule has 0 heterocycles. The van der Waals surface area contributed by atoms with Gasteiger partial charge in [-0.3, -0.25) is 9.59 Å². The van der Waals surface area contributed by atoms with Gasteiger partial charge >= 0.3 is 5.97 Å². The summed E-state index contributed by atoms with van der Waals surface area (Å²) in [4.78, 5) is 19.3. The Bertz CT molecular complexity index is 127. The molecule has 1 amide bonds. The maximum atomic E-state index is 9.70. The van der Waals surface area contributed by atoms with Crippen molar-refractivity contribution in [1.82, 2.24) is 5.32 Å². The molecule has 0 saturated heterocycles. The summed E-state index contributed by atoms with van der Waals surface area (Å²) < 4.78 is 8.36. The molecule has 1 N–H and O–H groups in total. The van der Waals surface area contributed by atoms with Gasteiger partial charge in [-0.05, 0) is 12.5 Å². The van der Waals surface area contributed by atoms with Gasteiger partial charge in [0.05, 0.1) is 7.11 Å². The van der Waals surface area contributed by atoms with E-state index in [0.29, 0.717) is 0 Å². The largest absolute Gasteiger partial charge is 0.469 e. The van der Waals surface area contributed by atoms with Crippen LogP contribution in [-0.2, 0) is 19.1 Å². The first kappa shape index (κ1) is 24.5. The lowest BCUT2D eigenvalue weighted by molar-refractivity contribution is -0.137. The van der Waals surface area contributed by atoms with Crippen LogP contribution in [0.2, 0.25) is 0 Å². The summed E-state index contributed by atoms with van der Waals surface area (Å²) in [5.41, 5.74) is 0. The molecule has 0 aliphatic heterocycles. The highest BCUT2D eigenvalue weighted by Crippen LogP contribution is 1.70. The predicted octanol–water partition coefficient (Wildman–Crippen LogP) is 1.17. The van der Waals surface area contributed by atoms with Crippen molar-refractivity contribution in [3.05, 3.63) is 0 Å². The second kappa shape index (κ2) is 29.2. The van der Waals surface area contributed by atoms with Crippen molar-refractivity contribution in [3.8, 4) is 0 Å². The lowest BCUT2D eigenvalue weighted by Crippen LogP contribution is -2.11. The van der Waals surface area contributed by atoms with E-state index < -0.39 is 0 Å². The van der Waals surface area contributed by atoms with Crippen molar-refractivity contribution >= 4 is 23.6 Å². The van der Waals surface area contributed by atoms with Crippen molar-refractivity contribution in [3.63, 3.8) is 0 Å². The van der Waals surface area contributed by atoms with Gasteiger partial charge in [-0.1, -0.05) is 0 Å². The quantitative estimate of drug-likeness (QED) is 0.658. The summed E-state index contributed by atoms with van der Waals surface area (Å²) in [6.45, 7) is 2.83. The summed E-state index contributed by atoms with van der Waals surface area (Å²) in [5, 5.41) is 2.39. The normalized spacial score (nSPS) is 6.50. The van der Waals surface area contributed by atoms with E-state index in [1.807, 2.05) is 12.5 Å². The predicted molar refractivity (Wildman–Crippen MR) is 69.8 cm³/mol. The minimum Gasteiger partial charge on any atom is -0.469 e. The molecule has 0 aliphatic carbocycles. The van der Waals surface area contributed by atoms with Crippen LogP contribution in [0.4, 0.5) is 0 Å². The standard InChI is InChI=1S/C3H7NO.C3H6O2.C2H6O.C2H6S/c1-3(5)4-2;1-3(4)5-2;2*1-3-2/h1-2H3,(H,4,5);1-2H3;2*1-2H3. The van der Waals surface area contributed by atoms with Crippen molar-refractivity contribution < 1.29 is 19.1 Å². The number of hydrogen-bond acceptors (Lipinski definition) is 5. The minimum atomic E-state index is -0.245. The fourth-order valence-corrected chi connectivity index (χ4v) is 0. The Morgan fingerprint density at radius 2 is 1.19 bits per heavy atom. The second-order valence-electron chi connectivity index (χ2n) is 2.32. The van der Waals surface area contributed by atoms with Crippen molar-refractivity contribution in [2.45, 2.75) is 13.8 Å². The Labute approximate surface area is 103 Å². The van der Waals surface area contributed by atoms with Gasteiger partial charge in [-0.25, -0.2) is 0 Å². The number of esters is 1. The number of thioether (sulfide) groups is 1. The van der Waals surface area contributed by atoms with Gasteiger partial charge in [0.2, 0.25) is 5.91 Å². The van der Waals surface area contributed by atoms with Gasteiger partial charge in [0, 0.05) is 35.1 Å². The van der Waals surface area contributed by atoms with Crippen LogP contribution in [0.25, 0.3) is 0 Å². The van der Waals surface area contributed by atoms with Crippen molar-refractivity contribution in [2.75, 3.05) is 40.9 Å². The zero-order valence-corrected chi connectivity index (χ0v) is 12.4. The van der Waals surface area contributed by atoms with Crippen LogP contribution in [0, 0.1) is 0 Å². The summed E-state index contributed by atoms with van der Waals surface area (Å²) in [6, 6.07) is 0. The van der Waals surface area contributed by atoms with E-state index >= 15 is 0 Å². The first-order valence-electron chi connectivity index (χ1n) is 4.40. The highest BCUT2D eigenvalue weighted by molar-refractivity contribution is 7.97. The molecule has 0 aliphatic rings. The topological polar surface area (TPSA) is 64.6 Å². The van der Waals surface area contributed by atoms with Gasteiger partial charge in [-0.2, -0.15) is 11.8 Å². The molecule has 0 rings (SSSR count). The van der Waals surface area contributed by atoms with Crippen LogP contribution >= 0.6 is 11.8 Å². The van der Waals surface area contributed by atoms with Crippen LogP contribution < -0.4 is 5.32 Å². The molecular weight excluding hydrogens is 230 g/mol. The molecule has 0 aromatic heterocycles. The lowest BCUT2D eigenvalue weighted by atomic mass is 10.7. The Balaban J connectivity index is -0.0000000621. The van der Waals surface area contributed by atoms with Gasteiger partial charge in [0.25, 0.3) is 0 Å². The zero-order valence-electron chi connectivity index (χ0n) is 11.5. The first-order chi connectivity index (χ1) is 7.37. The number of hydrogen-bond donors (Lipinski definition) is 1. The fraction of sp³-hybridized carbons (Fsp3) is 0.800. The first-order valence-corrected chi connectivity index (χ1v) is 6.04. The lowest BCUT2D eigenvalue weighted by Gasteiger charge is -1.80. The second-order valence-corrected chi connectivity index (χ2v) is 3.13. The van der Waals surface area contributed by atoms with Gasteiger partial charge in [-0.15, -0.1) is 0 Å². The Morgan fingerprint density at radius 3 is 1.19 bits per heavy atom. The summed E-state index contributed by atoms with van der Waals surface area (Å²) in [6.07, 6.45) is 4.08. The van der Waals surface area contributed by atoms with Crippen molar-refractivity contribution in [2.24, 2.45) is 0 Å². The molecule has 0 aromatic carbocycles. The van der Waals surface area contributed by atoms with E-state index in [0.717, 1.165) is 0 Å². The third kappa shape index (κ3) is 188. The zero-order chi connectivity index (χ0) is 14.0. The number of methoxy groups -OCH3 is 2. The van der Waals surface area contributed by atoms with Crippen LogP contribution in [0.1, 0.15) is 13.8 Å². The molecule has 5 nitrogen and oxygen atoms in total. The maximum Gasteiger partial charge on any atom is 0.302 e. The molecule has 0 aromatic rings. The Morgan fingerprint density at radius 1 is 1.06 bits per heavy atom. The molecule has 0 atom stereocenters. The monoisotopic (exact) mass is 255 g/mol. The molecule has 0 unspecified atom stereocenters. The average Bonchev–Trinajstić information content (AvgIpc) is 2.21. The number of nitrogens with one attached hydrogen (secondary N) is 1. The van der Waals surface area contributed by atoms with E-state index in [9.17, 15) is 9.59 Å². The molecule has 16 heavy (non-hydrogen) atoms. The molecular formula is C10H25NO4S. The summed E-state index contributed by atoms with van der Waals surface area (Å²) >= 11 is 1.75.